The molecule has 1 aromatic heterocycles. The molecule has 0 fully saturated rings. The molecule has 33 heavy (non-hydrogen) atoms. The van der Waals surface area contributed by atoms with E-state index >= 15 is 0 Å². The Bertz CT molecular complexity index is 1380. The molecule has 1 aliphatic heterocycles. The summed E-state index contributed by atoms with van der Waals surface area (Å²) in [6, 6.07) is 25.3. The minimum Gasteiger partial charge on any atom is -0.469 e. The smallest absolute Gasteiger partial charge is 0.162 e. The Kier molecular flexibility index (Phi) is 4.61. The Morgan fingerprint density at radius 3 is 2.48 bits per heavy atom. The van der Waals surface area contributed by atoms with E-state index in [-0.39, 0.29) is 17.6 Å². The third-order valence-electron chi connectivity index (χ3n) is 7.03. The molecule has 0 spiro atoms. The third kappa shape index (κ3) is 3.25. The summed E-state index contributed by atoms with van der Waals surface area (Å²) in [6.45, 7) is 0. The van der Waals surface area contributed by atoms with E-state index in [2.05, 4.69) is 70.9 Å². The maximum atomic E-state index is 13.7. The number of ketones is 1. The van der Waals surface area contributed by atoms with Crippen molar-refractivity contribution < 1.29 is 9.21 Å². The standard InChI is InChI=1S/C29H26N2O2/c1-31(2)21-12-9-19(10-13-21)27-28-22-7-4-3-6-18(22)11-14-23(28)30-24-16-20(17-25(32)29(24)27)26-8-5-15-33-26/h3-15,20,27,30H,16-17H2,1-2H3/t20-,27-/m1/s1. The van der Waals surface area contributed by atoms with Gasteiger partial charge in [0.05, 0.1) is 6.26 Å². The second kappa shape index (κ2) is 7.66. The highest BCUT2D eigenvalue weighted by atomic mass is 16.3. The predicted molar refractivity (Wildman–Crippen MR) is 133 cm³/mol. The fourth-order valence-electron chi connectivity index (χ4n) is 5.43. The first-order valence-corrected chi connectivity index (χ1v) is 11.5. The molecule has 6 rings (SSSR count). The molecule has 2 heterocycles. The lowest BCUT2D eigenvalue weighted by Gasteiger charge is -2.37. The fraction of sp³-hybridized carbons (Fsp3) is 0.207. The van der Waals surface area contributed by atoms with Crippen molar-refractivity contribution in [2.24, 2.45) is 0 Å². The van der Waals surface area contributed by atoms with E-state index in [1.807, 2.05) is 26.2 Å². The van der Waals surface area contributed by atoms with Crippen LogP contribution in [0.4, 0.5) is 11.4 Å². The van der Waals surface area contributed by atoms with Gasteiger partial charge in [-0.1, -0.05) is 42.5 Å². The quantitative estimate of drug-likeness (QED) is 0.402. The van der Waals surface area contributed by atoms with E-state index in [1.165, 1.54) is 16.3 Å². The van der Waals surface area contributed by atoms with Crippen molar-refractivity contribution in [1.29, 1.82) is 0 Å². The van der Waals surface area contributed by atoms with Crippen molar-refractivity contribution in [3.05, 3.63) is 107 Å². The lowest BCUT2D eigenvalue weighted by Crippen LogP contribution is -2.29. The zero-order valence-corrected chi connectivity index (χ0v) is 18.8. The van der Waals surface area contributed by atoms with Gasteiger partial charge in [-0.3, -0.25) is 4.79 Å². The molecule has 164 valence electrons. The number of benzene rings is 3. The number of nitrogens with one attached hydrogen (secondary N) is 1. The summed E-state index contributed by atoms with van der Waals surface area (Å²) in [5.74, 6) is 1.06. The van der Waals surface area contributed by atoms with Gasteiger partial charge < -0.3 is 14.6 Å². The molecule has 4 heteroatoms. The van der Waals surface area contributed by atoms with Gasteiger partial charge in [0.25, 0.3) is 0 Å². The van der Waals surface area contributed by atoms with Crippen molar-refractivity contribution in [3.63, 3.8) is 0 Å². The van der Waals surface area contributed by atoms with E-state index in [4.69, 9.17) is 4.42 Å². The number of nitrogens with zero attached hydrogens (tertiary/aromatic N) is 1. The van der Waals surface area contributed by atoms with Crippen LogP contribution in [0.3, 0.4) is 0 Å². The molecule has 0 saturated carbocycles. The molecule has 0 radical (unpaired) electrons. The minimum absolute atomic E-state index is 0.0672. The number of allylic oxidation sites excluding steroid dienone is 2. The van der Waals surface area contributed by atoms with E-state index in [1.54, 1.807) is 6.26 Å². The Balaban J connectivity index is 1.55. The Morgan fingerprint density at radius 2 is 1.73 bits per heavy atom. The zero-order chi connectivity index (χ0) is 22.5. The van der Waals surface area contributed by atoms with E-state index in [9.17, 15) is 4.79 Å². The maximum Gasteiger partial charge on any atom is 0.162 e. The molecule has 0 unspecified atom stereocenters. The van der Waals surface area contributed by atoms with Crippen LogP contribution in [-0.2, 0) is 4.79 Å². The molecule has 0 saturated heterocycles. The van der Waals surface area contributed by atoms with Gasteiger partial charge in [-0.2, -0.15) is 0 Å². The van der Waals surface area contributed by atoms with Crippen LogP contribution in [0.5, 0.6) is 0 Å². The lowest BCUT2D eigenvalue weighted by atomic mass is 9.71. The average Bonchev–Trinajstić information content (AvgIpc) is 3.38. The Morgan fingerprint density at radius 1 is 0.909 bits per heavy atom. The Hall–Kier alpha value is -3.79. The van der Waals surface area contributed by atoms with Crippen molar-refractivity contribution >= 4 is 27.9 Å². The number of fused-ring (bicyclic) bond motifs is 3. The molecule has 2 atom stereocenters. The van der Waals surface area contributed by atoms with Gasteiger partial charge in [0.2, 0.25) is 0 Å². The molecule has 1 aliphatic carbocycles. The number of carbonyl (C=O) groups excluding carboxylic acids is 1. The largest absolute Gasteiger partial charge is 0.469 e. The summed E-state index contributed by atoms with van der Waals surface area (Å²) in [7, 11) is 4.09. The number of carbonyl (C=O) groups is 1. The summed E-state index contributed by atoms with van der Waals surface area (Å²) < 4.78 is 5.67. The molecular formula is C29H26N2O2. The topological polar surface area (TPSA) is 45.5 Å². The summed E-state index contributed by atoms with van der Waals surface area (Å²) in [5, 5.41) is 6.03. The maximum absolute atomic E-state index is 13.7. The number of hydrogen-bond donors (Lipinski definition) is 1. The highest BCUT2D eigenvalue weighted by Gasteiger charge is 2.39. The number of furan rings is 1. The SMILES string of the molecule is CN(C)c1ccc([C@H]2C3=C(C[C@@H](c4ccco4)CC3=O)Nc3ccc4ccccc4c32)cc1. The van der Waals surface area contributed by atoms with Crippen LogP contribution in [0, 0.1) is 0 Å². The van der Waals surface area contributed by atoms with Gasteiger partial charge >= 0.3 is 0 Å². The Labute approximate surface area is 193 Å². The number of hydrogen-bond acceptors (Lipinski definition) is 4. The average molecular weight is 435 g/mol. The van der Waals surface area contributed by atoms with Gasteiger partial charge in [-0.05, 0) is 58.7 Å². The number of rotatable bonds is 3. The predicted octanol–water partition coefficient (Wildman–Crippen LogP) is 6.46. The number of anilines is 2. The van der Waals surface area contributed by atoms with Crippen LogP contribution in [0.15, 0.2) is 94.7 Å². The summed E-state index contributed by atoms with van der Waals surface area (Å²) in [6.07, 6.45) is 2.93. The molecular weight excluding hydrogens is 408 g/mol. The second-order valence-electron chi connectivity index (χ2n) is 9.23. The van der Waals surface area contributed by atoms with Crippen molar-refractivity contribution in [2.75, 3.05) is 24.3 Å². The first-order chi connectivity index (χ1) is 16.1. The third-order valence-corrected chi connectivity index (χ3v) is 7.03. The van der Waals surface area contributed by atoms with Crippen LogP contribution < -0.4 is 10.2 Å². The number of Topliss-reactive ketones (excluding diaryl/α,β-unsaturated/α-hetero) is 1. The van der Waals surface area contributed by atoms with Crippen molar-refractivity contribution in [1.82, 2.24) is 0 Å². The first kappa shape index (κ1) is 19.9. The highest BCUT2D eigenvalue weighted by molar-refractivity contribution is 6.04. The highest BCUT2D eigenvalue weighted by Crippen LogP contribution is 2.50. The van der Waals surface area contributed by atoms with Crippen molar-refractivity contribution in [2.45, 2.75) is 24.7 Å². The van der Waals surface area contributed by atoms with Crippen LogP contribution in [0.2, 0.25) is 0 Å². The molecule has 4 nitrogen and oxygen atoms in total. The van der Waals surface area contributed by atoms with Crippen LogP contribution in [0.25, 0.3) is 10.8 Å². The van der Waals surface area contributed by atoms with Crippen LogP contribution >= 0.6 is 0 Å². The van der Waals surface area contributed by atoms with Crippen LogP contribution in [-0.4, -0.2) is 19.9 Å². The molecule has 4 aromatic rings. The minimum atomic E-state index is -0.0939. The molecule has 0 bridgehead atoms. The second-order valence-corrected chi connectivity index (χ2v) is 9.23. The molecule has 2 aliphatic rings. The first-order valence-electron chi connectivity index (χ1n) is 11.5. The normalized spacial score (nSPS) is 19.8. The zero-order valence-electron chi connectivity index (χ0n) is 18.8. The summed E-state index contributed by atoms with van der Waals surface area (Å²) >= 11 is 0. The molecule has 3 aromatic carbocycles. The van der Waals surface area contributed by atoms with Gasteiger partial charge in [0.1, 0.15) is 5.76 Å². The fourth-order valence-corrected chi connectivity index (χ4v) is 5.43. The summed E-state index contributed by atoms with van der Waals surface area (Å²) in [4.78, 5) is 15.8. The molecule has 1 N–H and O–H groups in total. The van der Waals surface area contributed by atoms with Crippen molar-refractivity contribution in [3.8, 4) is 0 Å². The monoisotopic (exact) mass is 434 g/mol. The van der Waals surface area contributed by atoms with E-state index in [0.717, 1.165) is 40.4 Å². The van der Waals surface area contributed by atoms with Gasteiger partial charge in [-0.15, -0.1) is 0 Å². The van der Waals surface area contributed by atoms with Gasteiger partial charge in [0.15, 0.2) is 5.78 Å². The lowest BCUT2D eigenvalue weighted by molar-refractivity contribution is -0.116. The molecule has 0 amide bonds. The van der Waals surface area contributed by atoms with Gasteiger partial charge in [0, 0.05) is 55.0 Å². The van der Waals surface area contributed by atoms with Crippen LogP contribution in [0.1, 0.15) is 41.6 Å². The van der Waals surface area contributed by atoms with E-state index in [0.29, 0.717) is 6.42 Å². The van der Waals surface area contributed by atoms with Gasteiger partial charge in [-0.25, -0.2) is 0 Å². The van der Waals surface area contributed by atoms with E-state index < -0.39 is 0 Å². The summed E-state index contributed by atoms with van der Waals surface area (Å²) in [5.41, 5.74) is 6.50.